The smallest absolute Gasteiger partial charge is 0.0774 e. The predicted octanol–water partition coefficient (Wildman–Crippen LogP) is 4.97. The van der Waals surface area contributed by atoms with Gasteiger partial charge in [0.2, 0.25) is 0 Å². The van der Waals surface area contributed by atoms with Crippen LogP contribution in [0.5, 0.6) is 0 Å². The topological polar surface area (TPSA) is 9.23 Å². The molecule has 0 amide bonds. The third-order valence-corrected chi connectivity index (χ3v) is 5.09. The summed E-state index contributed by atoms with van der Waals surface area (Å²) in [6.07, 6.45) is 10.6. The van der Waals surface area contributed by atoms with Gasteiger partial charge >= 0.3 is 0 Å². The zero-order chi connectivity index (χ0) is 11.9. The molecule has 0 aliphatic heterocycles. The van der Waals surface area contributed by atoms with E-state index >= 15 is 0 Å². The van der Waals surface area contributed by atoms with Gasteiger partial charge < -0.3 is 4.74 Å². The van der Waals surface area contributed by atoms with Gasteiger partial charge in [0, 0.05) is 11.0 Å². The summed E-state index contributed by atoms with van der Waals surface area (Å²) in [6, 6.07) is 0. The molecular weight excluding hydrogens is 311 g/mol. The van der Waals surface area contributed by atoms with Crippen molar-refractivity contribution in [2.45, 2.75) is 70.8 Å². The second kappa shape index (κ2) is 7.91. The van der Waals surface area contributed by atoms with Crippen LogP contribution in [0.25, 0.3) is 0 Å². The van der Waals surface area contributed by atoms with Crippen LogP contribution in [0.4, 0.5) is 0 Å². The Kier molecular flexibility index (Phi) is 7.29. The summed E-state index contributed by atoms with van der Waals surface area (Å²) in [4.78, 5) is 0. The predicted molar refractivity (Wildman–Crippen MR) is 79.3 cm³/mol. The average Bonchev–Trinajstić information content (AvgIpc) is 2.29. The molecule has 2 heteroatoms. The molecule has 0 saturated heterocycles. The van der Waals surface area contributed by atoms with E-state index in [-0.39, 0.29) is 5.60 Å². The van der Waals surface area contributed by atoms with Gasteiger partial charge in [-0.1, -0.05) is 68.5 Å². The van der Waals surface area contributed by atoms with Crippen LogP contribution in [0.3, 0.4) is 0 Å². The van der Waals surface area contributed by atoms with Crippen LogP contribution in [-0.2, 0) is 4.74 Å². The Labute approximate surface area is 115 Å². The zero-order valence-electron chi connectivity index (χ0n) is 10.9. The molecule has 1 fully saturated rings. The van der Waals surface area contributed by atoms with E-state index < -0.39 is 0 Å². The molecule has 0 aromatic heterocycles. The lowest BCUT2D eigenvalue weighted by Gasteiger charge is -2.38. The van der Waals surface area contributed by atoms with Crippen molar-refractivity contribution in [3.8, 4) is 0 Å². The highest BCUT2D eigenvalue weighted by Gasteiger charge is 2.34. The Hall–Kier alpha value is 0.690. The first kappa shape index (κ1) is 14.7. The quantitative estimate of drug-likeness (QED) is 0.362. The number of hydrogen-bond acceptors (Lipinski definition) is 1. The lowest BCUT2D eigenvalue weighted by molar-refractivity contribution is -0.0628. The van der Waals surface area contributed by atoms with Gasteiger partial charge in [0.05, 0.1) is 5.60 Å². The standard InChI is InChI=1S/C14H27IO/c1-3-4-5-6-10-16-14(12-15)9-7-8-13(2)11-14/h13H,3-12H2,1-2H3. The van der Waals surface area contributed by atoms with Gasteiger partial charge in [-0.3, -0.25) is 0 Å². The third-order valence-electron chi connectivity index (χ3n) is 3.70. The molecule has 0 N–H and O–H groups in total. The van der Waals surface area contributed by atoms with Gasteiger partial charge in [-0.15, -0.1) is 0 Å². The van der Waals surface area contributed by atoms with Crippen molar-refractivity contribution >= 4 is 22.6 Å². The first-order valence-electron chi connectivity index (χ1n) is 6.92. The molecule has 2 atom stereocenters. The van der Waals surface area contributed by atoms with Crippen molar-refractivity contribution in [2.24, 2.45) is 5.92 Å². The van der Waals surface area contributed by atoms with Crippen LogP contribution in [-0.4, -0.2) is 16.6 Å². The molecule has 0 radical (unpaired) electrons. The normalized spacial score (nSPS) is 30.6. The van der Waals surface area contributed by atoms with Crippen LogP contribution in [0.15, 0.2) is 0 Å². The van der Waals surface area contributed by atoms with Gasteiger partial charge in [-0.05, 0) is 25.2 Å². The van der Waals surface area contributed by atoms with Crippen molar-refractivity contribution in [1.82, 2.24) is 0 Å². The second-order valence-electron chi connectivity index (χ2n) is 5.43. The molecule has 1 aliphatic carbocycles. The van der Waals surface area contributed by atoms with Crippen molar-refractivity contribution < 1.29 is 4.74 Å². The van der Waals surface area contributed by atoms with E-state index in [9.17, 15) is 0 Å². The molecule has 0 heterocycles. The summed E-state index contributed by atoms with van der Waals surface area (Å²) in [5, 5.41) is 0. The van der Waals surface area contributed by atoms with Crippen LogP contribution >= 0.6 is 22.6 Å². The van der Waals surface area contributed by atoms with Gasteiger partial charge in [0.15, 0.2) is 0 Å². The maximum Gasteiger partial charge on any atom is 0.0774 e. The molecule has 1 aliphatic rings. The van der Waals surface area contributed by atoms with Crippen molar-refractivity contribution in [3.05, 3.63) is 0 Å². The Bertz CT molecular complexity index is 184. The second-order valence-corrected chi connectivity index (χ2v) is 6.19. The lowest BCUT2D eigenvalue weighted by atomic mass is 9.80. The number of hydrogen-bond donors (Lipinski definition) is 0. The van der Waals surface area contributed by atoms with Gasteiger partial charge in [0.1, 0.15) is 0 Å². The fourth-order valence-electron chi connectivity index (χ4n) is 2.72. The molecule has 1 rings (SSSR count). The Morgan fingerprint density at radius 1 is 1.31 bits per heavy atom. The zero-order valence-corrected chi connectivity index (χ0v) is 13.1. The molecule has 0 spiro atoms. The van der Waals surface area contributed by atoms with E-state index in [2.05, 4.69) is 36.4 Å². The molecule has 1 nitrogen and oxygen atoms in total. The van der Waals surface area contributed by atoms with Crippen LogP contribution in [0, 0.1) is 5.92 Å². The summed E-state index contributed by atoms with van der Waals surface area (Å²) in [6.45, 7) is 5.62. The molecule has 2 unspecified atom stereocenters. The summed E-state index contributed by atoms with van der Waals surface area (Å²) in [5.74, 6) is 0.860. The van der Waals surface area contributed by atoms with E-state index in [1.807, 2.05) is 0 Å². The molecular formula is C14H27IO. The van der Waals surface area contributed by atoms with E-state index in [0.29, 0.717) is 0 Å². The summed E-state index contributed by atoms with van der Waals surface area (Å²) in [7, 11) is 0. The first-order chi connectivity index (χ1) is 7.72. The Morgan fingerprint density at radius 2 is 2.12 bits per heavy atom. The number of alkyl halides is 1. The minimum Gasteiger partial charge on any atom is -0.374 e. The van der Waals surface area contributed by atoms with Crippen LogP contribution in [0.2, 0.25) is 0 Å². The fourth-order valence-corrected chi connectivity index (χ4v) is 3.63. The monoisotopic (exact) mass is 338 g/mol. The summed E-state index contributed by atoms with van der Waals surface area (Å²) < 4.78 is 7.40. The van der Waals surface area contributed by atoms with Crippen molar-refractivity contribution in [2.75, 3.05) is 11.0 Å². The molecule has 1 saturated carbocycles. The largest absolute Gasteiger partial charge is 0.374 e. The summed E-state index contributed by atoms with van der Waals surface area (Å²) >= 11 is 2.51. The van der Waals surface area contributed by atoms with Gasteiger partial charge in [-0.25, -0.2) is 0 Å². The maximum atomic E-state index is 6.23. The maximum absolute atomic E-state index is 6.23. The number of halogens is 1. The van der Waals surface area contributed by atoms with Crippen molar-refractivity contribution in [3.63, 3.8) is 0 Å². The number of ether oxygens (including phenoxy) is 1. The number of rotatable bonds is 7. The molecule has 0 aromatic rings. The highest BCUT2D eigenvalue weighted by atomic mass is 127. The Balaban J connectivity index is 2.24. The minimum absolute atomic E-state index is 0.227. The number of unbranched alkanes of at least 4 members (excludes halogenated alkanes) is 3. The lowest BCUT2D eigenvalue weighted by Crippen LogP contribution is -2.39. The molecule has 96 valence electrons. The fraction of sp³-hybridized carbons (Fsp3) is 1.00. The van der Waals surface area contributed by atoms with Gasteiger partial charge in [-0.2, -0.15) is 0 Å². The first-order valence-corrected chi connectivity index (χ1v) is 8.45. The molecule has 16 heavy (non-hydrogen) atoms. The highest BCUT2D eigenvalue weighted by Crippen LogP contribution is 2.36. The Morgan fingerprint density at radius 3 is 2.75 bits per heavy atom. The third kappa shape index (κ3) is 4.91. The van der Waals surface area contributed by atoms with E-state index in [0.717, 1.165) is 12.5 Å². The highest BCUT2D eigenvalue weighted by molar-refractivity contribution is 14.1. The van der Waals surface area contributed by atoms with Crippen molar-refractivity contribution in [1.29, 1.82) is 0 Å². The molecule has 0 bridgehead atoms. The SMILES string of the molecule is CCCCCCOC1(CI)CCCC(C)C1. The van der Waals surface area contributed by atoms with Crippen LogP contribution < -0.4 is 0 Å². The summed E-state index contributed by atoms with van der Waals surface area (Å²) in [5.41, 5.74) is 0.227. The average molecular weight is 338 g/mol. The van der Waals surface area contributed by atoms with E-state index in [1.54, 1.807) is 0 Å². The van der Waals surface area contributed by atoms with E-state index in [1.165, 1.54) is 55.8 Å². The van der Waals surface area contributed by atoms with Crippen LogP contribution in [0.1, 0.15) is 65.2 Å². The van der Waals surface area contributed by atoms with E-state index in [4.69, 9.17) is 4.74 Å². The van der Waals surface area contributed by atoms with Gasteiger partial charge in [0.25, 0.3) is 0 Å². The molecule has 0 aromatic carbocycles. The minimum atomic E-state index is 0.227.